The van der Waals surface area contributed by atoms with E-state index in [1.165, 1.54) is 6.20 Å². The van der Waals surface area contributed by atoms with Crippen LogP contribution in [0.4, 0.5) is 0 Å². The number of nitrogens with zero attached hydrogens (tertiary/aromatic N) is 4. The van der Waals surface area contributed by atoms with Crippen molar-refractivity contribution in [3.63, 3.8) is 0 Å². The fourth-order valence-corrected chi connectivity index (χ4v) is 1.73. The van der Waals surface area contributed by atoms with E-state index in [0.29, 0.717) is 12.2 Å². The van der Waals surface area contributed by atoms with Gasteiger partial charge in [0.25, 0.3) is 0 Å². The summed E-state index contributed by atoms with van der Waals surface area (Å²) in [4.78, 5) is 15.1. The number of hydrogen-bond donors (Lipinski definition) is 1. The highest BCUT2D eigenvalue weighted by Gasteiger charge is 2.12. The number of hydrogen-bond acceptors (Lipinski definition) is 3. The maximum absolute atomic E-state index is 10.9. The lowest BCUT2D eigenvalue weighted by atomic mass is 10.3. The van der Waals surface area contributed by atoms with E-state index in [-0.39, 0.29) is 5.56 Å². The SMILES string of the molecule is CCn1ccnc1Cn1cc(C(=O)O)c(C)n1. The summed E-state index contributed by atoms with van der Waals surface area (Å²) in [5.41, 5.74) is 0.756. The normalized spacial score (nSPS) is 10.7. The molecule has 0 saturated carbocycles. The van der Waals surface area contributed by atoms with E-state index in [0.717, 1.165) is 12.4 Å². The predicted molar refractivity (Wildman–Crippen MR) is 60.9 cm³/mol. The van der Waals surface area contributed by atoms with Crippen LogP contribution < -0.4 is 0 Å². The van der Waals surface area contributed by atoms with E-state index in [9.17, 15) is 4.79 Å². The zero-order chi connectivity index (χ0) is 12.4. The van der Waals surface area contributed by atoms with Crippen molar-refractivity contribution in [1.82, 2.24) is 19.3 Å². The number of rotatable bonds is 4. The highest BCUT2D eigenvalue weighted by molar-refractivity contribution is 5.88. The van der Waals surface area contributed by atoms with Crippen LogP contribution in [0.2, 0.25) is 0 Å². The fourth-order valence-electron chi connectivity index (χ4n) is 1.73. The van der Waals surface area contributed by atoms with Crippen LogP contribution >= 0.6 is 0 Å². The maximum Gasteiger partial charge on any atom is 0.339 e. The Labute approximate surface area is 98.5 Å². The second kappa shape index (κ2) is 4.40. The Hall–Kier alpha value is -2.11. The first-order valence-electron chi connectivity index (χ1n) is 5.39. The van der Waals surface area contributed by atoms with Crippen molar-refractivity contribution >= 4 is 5.97 Å². The van der Waals surface area contributed by atoms with Gasteiger partial charge in [0.2, 0.25) is 0 Å². The number of aromatic nitrogens is 4. The lowest BCUT2D eigenvalue weighted by molar-refractivity contribution is 0.0696. The average molecular weight is 234 g/mol. The molecule has 2 aromatic rings. The molecule has 0 aliphatic carbocycles. The molecule has 0 fully saturated rings. The monoisotopic (exact) mass is 234 g/mol. The molecule has 17 heavy (non-hydrogen) atoms. The van der Waals surface area contributed by atoms with Gasteiger partial charge in [-0.15, -0.1) is 0 Å². The van der Waals surface area contributed by atoms with Crippen LogP contribution in [0.3, 0.4) is 0 Å². The topological polar surface area (TPSA) is 72.9 Å². The Bertz CT molecular complexity index is 541. The van der Waals surface area contributed by atoms with Crippen molar-refractivity contribution in [2.24, 2.45) is 0 Å². The minimum absolute atomic E-state index is 0.236. The quantitative estimate of drug-likeness (QED) is 0.861. The molecule has 0 aliphatic heterocycles. The van der Waals surface area contributed by atoms with E-state index in [4.69, 9.17) is 5.11 Å². The zero-order valence-corrected chi connectivity index (χ0v) is 9.79. The van der Waals surface area contributed by atoms with Gasteiger partial charge in [0.15, 0.2) is 0 Å². The second-order valence-electron chi connectivity index (χ2n) is 3.76. The summed E-state index contributed by atoms with van der Waals surface area (Å²) >= 11 is 0. The number of aromatic carboxylic acids is 1. The minimum Gasteiger partial charge on any atom is -0.478 e. The number of carboxylic acids is 1. The molecule has 6 heteroatoms. The van der Waals surface area contributed by atoms with E-state index < -0.39 is 5.97 Å². The van der Waals surface area contributed by atoms with Crippen molar-refractivity contribution in [3.05, 3.63) is 35.7 Å². The lowest BCUT2D eigenvalue weighted by Crippen LogP contribution is -2.08. The third kappa shape index (κ3) is 2.20. The van der Waals surface area contributed by atoms with Crippen LogP contribution in [-0.2, 0) is 13.1 Å². The zero-order valence-electron chi connectivity index (χ0n) is 9.79. The van der Waals surface area contributed by atoms with Crippen molar-refractivity contribution in [2.75, 3.05) is 0 Å². The van der Waals surface area contributed by atoms with Crippen LogP contribution in [0.25, 0.3) is 0 Å². The Morgan fingerprint density at radius 1 is 1.53 bits per heavy atom. The van der Waals surface area contributed by atoms with Gasteiger partial charge in [-0.3, -0.25) is 4.68 Å². The van der Waals surface area contributed by atoms with Crippen LogP contribution in [0.1, 0.15) is 28.8 Å². The molecule has 0 aromatic carbocycles. The van der Waals surface area contributed by atoms with E-state index in [1.807, 2.05) is 17.7 Å². The number of aryl methyl sites for hydroxylation is 2. The Balaban J connectivity index is 2.25. The van der Waals surface area contributed by atoms with Crippen molar-refractivity contribution in [1.29, 1.82) is 0 Å². The Morgan fingerprint density at radius 2 is 2.29 bits per heavy atom. The molecular formula is C11H14N4O2. The summed E-state index contributed by atoms with van der Waals surface area (Å²) in [6, 6.07) is 0. The van der Waals surface area contributed by atoms with E-state index in [2.05, 4.69) is 10.1 Å². The number of carboxylic acid groups (broad SMARTS) is 1. The van der Waals surface area contributed by atoms with Crippen molar-refractivity contribution in [2.45, 2.75) is 26.9 Å². The molecule has 0 amide bonds. The number of imidazole rings is 1. The molecule has 90 valence electrons. The minimum atomic E-state index is -0.951. The lowest BCUT2D eigenvalue weighted by Gasteiger charge is -2.04. The molecule has 2 rings (SSSR count). The summed E-state index contributed by atoms with van der Waals surface area (Å²) in [6.07, 6.45) is 5.16. The summed E-state index contributed by atoms with van der Waals surface area (Å²) in [6.45, 7) is 5.03. The van der Waals surface area contributed by atoms with Gasteiger partial charge < -0.3 is 9.67 Å². The maximum atomic E-state index is 10.9. The molecule has 0 bridgehead atoms. The summed E-state index contributed by atoms with van der Waals surface area (Å²) < 4.78 is 3.60. The number of carbonyl (C=O) groups is 1. The average Bonchev–Trinajstić information content (AvgIpc) is 2.85. The standard InChI is InChI=1S/C11H14N4O2/c1-3-14-5-4-12-10(14)7-15-6-9(11(16)17)8(2)13-15/h4-6H,3,7H2,1-2H3,(H,16,17). The molecule has 0 radical (unpaired) electrons. The molecule has 6 nitrogen and oxygen atoms in total. The highest BCUT2D eigenvalue weighted by Crippen LogP contribution is 2.07. The van der Waals surface area contributed by atoms with Gasteiger partial charge in [0.1, 0.15) is 11.4 Å². The van der Waals surface area contributed by atoms with Crippen LogP contribution in [0, 0.1) is 6.92 Å². The fraction of sp³-hybridized carbons (Fsp3) is 0.364. The van der Waals surface area contributed by atoms with Crippen LogP contribution in [0.15, 0.2) is 18.6 Å². The van der Waals surface area contributed by atoms with Gasteiger partial charge in [-0.1, -0.05) is 0 Å². The molecule has 0 unspecified atom stereocenters. The van der Waals surface area contributed by atoms with Gasteiger partial charge >= 0.3 is 5.97 Å². The van der Waals surface area contributed by atoms with Crippen LogP contribution in [0.5, 0.6) is 0 Å². The smallest absolute Gasteiger partial charge is 0.339 e. The highest BCUT2D eigenvalue weighted by atomic mass is 16.4. The molecule has 0 saturated heterocycles. The van der Waals surface area contributed by atoms with Gasteiger partial charge in [-0.05, 0) is 13.8 Å². The largest absolute Gasteiger partial charge is 0.478 e. The molecular weight excluding hydrogens is 220 g/mol. The van der Waals surface area contributed by atoms with Gasteiger partial charge in [0, 0.05) is 25.1 Å². The Kier molecular flexibility index (Phi) is 2.95. The first kappa shape index (κ1) is 11.4. The summed E-state index contributed by atoms with van der Waals surface area (Å²) in [7, 11) is 0. The van der Waals surface area contributed by atoms with Gasteiger partial charge in [-0.2, -0.15) is 5.10 Å². The first-order valence-corrected chi connectivity index (χ1v) is 5.39. The molecule has 0 spiro atoms. The van der Waals surface area contributed by atoms with Gasteiger partial charge in [-0.25, -0.2) is 9.78 Å². The third-order valence-corrected chi connectivity index (χ3v) is 2.62. The van der Waals surface area contributed by atoms with Crippen LogP contribution in [-0.4, -0.2) is 30.4 Å². The third-order valence-electron chi connectivity index (χ3n) is 2.62. The second-order valence-corrected chi connectivity index (χ2v) is 3.76. The molecule has 1 N–H and O–H groups in total. The van der Waals surface area contributed by atoms with Crippen molar-refractivity contribution < 1.29 is 9.90 Å². The van der Waals surface area contributed by atoms with E-state index in [1.54, 1.807) is 17.8 Å². The predicted octanol–water partition coefficient (Wildman–Crippen LogP) is 1.15. The van der Waals surface area contributed by atoms with Crippen molar-refractivity contribution in [3.8, 4) is 0 Å². The molecule has 2 heterocycles. The van der Waals surface area contributed by atoms with Gasteiger partial charge in [0.05, 0.1) is 12.2 Å². The molecule has 0 aliphatic rings. The Morgan fingerprint density at radius 3 is 2.88 bits per heavy atom. The first-order chi connectivity index (χ1) is 8.11. The molecule has 0 atom stereocenters. The summed E-state index contributed by atoms with van der Waals surface area (Å²) in [5.74, 6) is -0.0838. The summed E-state index contributed by atoms with van der Waals surface area (Å²) in [5, 5.41) is 13.1. The molecule has 2 aromatic heterocycles. The van der Waals surface area contributed by atoms with E-state index >= 15 is 0 Å².